The molecule has 0 heterocycles. The summed E-state index contributed by atoms with van der Waals surface area (Å²) in [5.41, 5.74) is 0.656. The number of aliphatic carboxylic acids is 1. The Kier molecular flexibility index (Phi) is 5.14. The maximum absolute atomic E-state index is 13.0. The lowest BCUT2D eigenvalue weighted by atomic mass is 9.84. The number of nitrogens with one attached hydrogen (secondary N) is 2. The van der Waals surface area contributed by atoms with Crippen LogP contribution in [0, 0.1) is 11.7 Å². The summed E-state index contributed by atoms with van der Waals surface area (Å²) in [6.07, 6.45) is 3.05. The Labute approximate surface area is 122 Å². The number of rotatable bonds is 4. The van der Waals surface area contributed by atoms with Crippen LogP contribution < -0.4 is 10.6 Å². The van der Waals surface area contributed by atoms with E-state index in [0.29, 0.717) is 18.4 Å². The van der Waals surface area contributed by atoms with Gasteiger partial charge >= 0.3 is 12.0 Å². The van der Waals surface area contributed by atoms with Gasteiger partial charge in [-0.05, 0) is 30.5 Å². The largest absolute Gasteiger partial charge is 0.481 e. The van der Waals surface area contributed by atoms with Crippen LogP contribution in [0.3, 0.4) is 0 Å². The molecule has 1 aromatic rings. The van der Waals surface area contributed by atoms with Crippen LogP contribution in [0.4, 0.5) is 9.18 Å². The standard InChI is InChI=1S/C15H19FN2O3/c16-11-5-3-4-10(8-11)9-17-15(21)18-13-7-2-1-6-12(13)14(19)20/h3-5,8,12-13H,1-2,6-7,9H2,(H,19,20)(H2,17,18,21). The number of halogens is 1. The fourth-order valence-electron chi connectivity index (χ4n) is 2.65. The summed E-state index contributed by atoms with van der Waals surface area (Å²) in [5, 5.41) is 14.5. The molecule has 0 bridgehead atoms. The zero-order chi connectivity index (χ0) is 15.2. The Hall–Kier alpha value is -2.11. The maximum atomic E-state index is 13.0. The van der Waals surface area contributed by atoms with Crippen LogP contribution in [-0.2, 0) is 11.3 Å². The first-order valence-corrected chi connectivity index (χ1v) is 7.08. The summed E-state index contributed by atoms with van der Waals surface area (Å²) < 4.78 is 13.0. The van der Waals surface area contributed by atoms with Gasteiger partial charge in [-0.3, -0.25) is 4.79 Å². The van der Waals surface area contributed by atoms with E-state index in [1.54, 1.807) is 12.1 Å². The molecule has 2 unspecified atom stereocenters. The van der Waals surface area contributed by atoms with E-state index in [9.17, 15) is 14.0 Å². The van der Waals surface area contributed by atoms with Gasteiger partial charge in [0.1, 0.15) is 5.82 Å². The van der Waals surface area contributed by atoms with E-state index in [-0.39, 0.29) is 18.4 Å². The van der Waals surface area contributed by atoms with Crippen LogP contribution >= 0.6 is 0 Å². The quantitative estimate of drug-likeness (QED) is 0.797. The molecule has 0 radical (unpaired) electrons. The monoisotopic (exact) mass is 294 g/mol. The summed E-state index contributed by atoms with van der Waals surface area (Å²) in [4.78, 5) is 23.0. The molecule has 0 aliphatic heterocycles. The van der Waals surface area contributed by atoms with E-state index < -0.39 is 17.9 Å². The Bertz CT molecular complexity index is 521. The average molecular weight is 294 g/mol. The summed E-state index contributed by atoms with van der Waals surface area (Å²) in [7, 11) is 0. The Morgan fingerprint density at radius 2 is 2.05 bits per heavy atom. The first-order chi connectivity index (χ1) is 10.1. The number of carbonyl (C=O) groups is 2. The number of hydrogen-bond acceptors (Lipinski definition) is 2. The maximum Gasteiger partial charge on any atom is 0.315 e. The van der Waals surface area contributed by atoms with E-state index in [2.05, 4.69) is 10.6 Å². The van der Waals surface area contributed by atoms with Crippen LogP contribution in [0.2, 0.25) is 0 Å². The van der Waals surface area contributed by atoms with Crippen molar-refractivity contribution >= 4 is 12.0 Å². The Balaban J connectivity index is 1.84. The van der Waals surface area contributed by atoms with Crippen molar-refractivity contribution in [2.75, 3.05) is 0 Å². The van der Waals surface area contributed by atoms with Crippen molar-refractivity contribution in [1.82, 2.24) is 10.6 Å². The Morgan fingerprint density at radius 3 is 2.76 bits per heavy atom. The van der Waals surface area contributed by atoms with E-state index in [1.807, 2.05) is 0 Å². The highest BCUT2D eigenvalue weighted by molar-refractivity contribution is 5.76. The SMILES string of the molecule is O=C(NCc1cccc(F)c1)NC1CCCCC1C(=O)O. The number of amides is 2. The first-order valence-electron chi connectivity index (χ1n) is 7.08. The van der Waals surface area contributed by atoms with Gasteiger partial charge in [0.15, 0.2) is 0 Å². The molecule has 5 nitrogen and oxygen atoms in total. The third-order valence-electron chi connectivity index (χ3n) is 3.74. The van der Waals surface area contributed by atoms with Crippen molar-refractivity contribution in [3.63, 3.8) is 0 Å². The molecule has 1 fully saturated rings. The van der Waals surface area contributed by atoms with Crippen molar-refractivity contribution in [3.8, 4) is 0 Å². The highest BCUT2D eigenvalue weighted by atomic mass is 19.1. The van der Waals surface area contributed by atoms with E-state index >= 15 is 0 Å². The van der Waals surface area contributed by atoms with Crippen LogP contribution in [-0.4, -0.2) is 23.1 Å². The normalized spacial score (nSPS) is 21.6. The molecule has 0 aromatic heterocycles. The molecule has 1 aliphatic rings. The van der Waals surface area contributed by atoms with Gasteiger partial charge in [-0.25, -0.2) is 9.18 Å². The fraction of sp³-hybridized carbons (Fsp3) is 0.467. The molecule has 1 aromatic carbocycles. The van der Waals surface area contributed by atoms with Gasteiger partial charge in [-0.1, -0.05) is 25.0 Å². The van der Waals surface area contributed by atoms with Gasteiger partial charge in [0.25, 0.3) is 0 Å². The zero-order valence-corrected chi connectivity index (χ0v) is 11.6. The summed E-state index contributed by atoms with van der Waals surface area (Å²) in [6, 6.07) is 5.21. The Morgan fingerprint density at radius 1 is 1.29 bits per heavy atom. The zero-order valence-electron chi connectivity index (χ0n) is 11.6. The summed E-state index contributed by atoms with van der Waals surface area (Å²) in [6.45, 7) is 0.202. The highest BCUT2D eigenvalue weighted by Gasteiger charge is 2.31. The van der Waals surface area contributed by atoms with E-state index in [0.717, 1.165) is 12.8 Å². The number of benzene rings is 1. The molecule has 1 saturated carbocycles. The first kappa shape index (κ1) is 15.3. The van der Waals surface area contributed by atoms with Gasteiger partial charge < -0.3 is 15.7 Å². The van der Waals surface area contributed by atoms with Crippen LogP contribution in [0.1, 0.15) is 31.2 Å². The fourth-order valence-corrected chi connectivity index (χ4v) is 2.65. The number of urea groups is 1. The third-order valence-corrected chi connectivity index (χ3v) is 3.74. The molecule has 0 spiro atoms. The minimum atomic E-state index is -0.870. The van der Waals surface area contributed by atoms with Gasteiger partial charge in [0, 0.05) is 12.6 Å². The van der Waals surface area contributed by atoms with Gasteiger partial charge in [0.2, 0.25) is 0 Å². The lowest BCUT2D eigenvalue weighted by molar-refractivity contribution is -0.143. The molecule has 114 valence electrons. The number of carboxylic acids is 1. The molecular formula is C15H19FN2O3. The lowest BCUT2D eigenvalue weighted by Crippen LogP contribution is -2.48. The number of hydrogen-bond donors (Lipinski definition) is 3. The topological polar surface area (TPSA) is 78.4 Å². The van der Waals surface area contributed by atoms with Crippen molar-refractivity contribution in [2.45, 2.75) is 38.3 Å². The smallest absolute Gasteiger partial charge is 0.315 e. The van der Waals surface area contributed by atoms with Crippen LogP contribution in [0.15, 0.2) is 24.3 Å². The third kappa shape index (κ3) is 4.44. The molecule has 2 amide bonds. The van der Waals surface area contributed by atoms with Crippen molar-refractivity contribution < 1.29 is 19.1 Å². The predicted molar refractivity (Wildman–Crippen MR) is 75.2 cm³/mol. The molecule has 21 heavy (non-hydrogen) atoms. The van der Waals surface area contributed by atoms with Gasteiger partial charge in [0.05, 0.1) is 5.92 Å². The average Bonchev–Trinajstić information content (AvgIpc) is 2.45. The highest BCUT2D eigenvalue weighted by Crippen LogP contribution is 2.24. The molecule has 3 N–H and O–H groups in total. The van der Waals surface area contributed by atoms with Crippen LogP contribution in [0.5, 0.6) is 0 Å². The molecule has 6 heteroatoms. The van der Waals surface area contributed by atoms with E-state index in [4.69, 9.17) is 5.11 Å². The van der Waals surface area contributed by atoms with E-state index in [1.165, 1.54) is 12.1 Å². The molecular weight excluding hydrogens is 275 g/mol. The van der Waals surface area contributed by atoms with Gasteiger partial charge in [-0.2, -0.15) is 0 Å². The second-order valence-corrected chi connectivity index (χ2v) is 5.29. The molecule has 2 atom stereocenters. The second-order valence-electron chi connectivity index (χ2n) is 5.29. The van der Waals surface area contributed by atoms with Crippen molar-refractivity contribution in [1.29, 1.82) is 0 Å². The van der Waals surface area contributed by atoms with Crippen LogP contribution in [0.25, 0.3) is 0 Å². The molecule has 2 rings (SSSR count). The number of carbonyl (C=O) groups excluding carboxylic acids is 1. The minimum Gasteiger partial charge on any atom is -0.481 e. The van der Waals surface area contributed by atoms with Crippen molar-refractivity contribution in [3.05, 3.63) is 35.6 Å². The summed E-state index contributed by atoms with van der Waals surface area (Å²) >= 11 is 0. The number of carboxylic acid groups (broad SMARTS) is 1. The molecule has 1 aliphatic carbocycles. The predicted octanol–water partition coefficient (Wildman–Crippen LogP) is 2.27. The molecule has 0 saturated heterocycles. The summed E-state index contributed by atoms with van der Waals surface area (Å²) in [5.74, 6) is -1.75. The minimum absolute atomic E-state index is 0.202. The second kappa shape index (κ2) is 7.06. The van der Waals surface area contributed by atoms with Gasteiger partial charge in [-0.15, -0.1) is 0 Å². The lowest BCUT2D eigenvalue weighted by Gasteiger charge is -2.29. The van der Waals surface area contributed by atoms with Crippen molar-refractivity contribution in [2.24, 2.45) is 5.92 Å².